The second-order valence-electron chi connectivity index (χ2n) is 6.03. The third-order valence-electron chi connectivity index (χ3n) is 3.93. The highest BCUT2D eigenvalue weighted by atomic mass is 35.5. The highest BCUT2D eigenvalue weighted by molar-refractivity contribution is 7.10. The average Bonchev–Trinajstić information content (AvgIpc) is 3.20. The van der Waals surface area contributed by atoms with Gasteiger partial charge in [0, 0.05) is 21.2 Å². The van der Waals surface area contributed by atoms with Crippen LogP contribution in [0.2, 0.25) is 5.02 Å². The smallest absolute Gasteiger partial charge is 0.271 e. The molecule has 0 unspecified atom stereocenters. The van der Waals surface area contributed by atoms with Crippen molar-refractivity contribution < 1.29 is 9.59 Å². The first-order valence-electron chi connectivity index (χ1n) is 8.54. The van der Waals surface area contributed by atoms with Gasteiger partial charge in [0.1, 0.15) is 0 Å². The predicted octanol–water partition coefficient (Wildman–Crippen LogP) is 4.74. The summed E-state index contributed by atoms with van der Waals surface area (Å²) in [5, 5.41) is 9.52. The molecule has 0 spiro atoms. The molecule has 0 bridgehead atoms. The monoisotopic (exact) mass is 411 g/mol. The standard InChI is InChI=1S/C21H18ClN3O2S/c1-14(24-25-21(27)16-4-8-17(22)9-5-16)15-6-10-18(11-7-15)23-20(26)13-19-3-2-12-28-19/h2-12H,13H2,1H3,(H,23,26)(H,25,27)/b24-14+. The molecule has 3 aromatic rings. The van der Waals surface area contributed by atoms with Crippen LogP contribution in [0.4, 0.5) is 5.69 Å². The van der Waals surface area contributed by atoms with E-state index in [2.05, 4.69) is 15.8 Å². The van der Waals surface area contributed by atoms with E-state index in [9.17, 15) is 9.59 Å². The fraction of sp³-hybridized carbons (Fsp3) is 0.0952. The molecular weight excluding hydrogens is 394 g/mol. The van der Waals surface area contributed by atoms with Gasteiger partial charge in [0.15, 0.2) is 0 Å². The molecule has 1 heterocycles. The Balaban J connectivity index is 1.57. The summed E-state index contributed by atoms with van der Waals surface area (Å²) in [5.41, 5.74) is 5.21. The van der Waals surface area contributed by atoms with Crippen LogP contribution in [0.15, 0.2) is 71.1 Å². The van der Waals surface area contributed by atoms with Crippen LogP contribution >= 0.6 is 22.9 Å². The molecule has 0 saturated carbocycles. The summed E-state index contributed by atoms with van der Waals surface area (Å²) < 4.78 is 0. The van der Waals surface area contributed by atoms with Crippen LogP contribution in [0, 0.1) is 0 Å². The molecule has 142 valence electrons. The van der Waals surface area contributed by atoms with Gasteiger partial charge < -0.3 is 5.32 Å². The fourth-order valence-electron chi connectivity index (χ4n) is 2.44. The number of carbonyl (C=O) groups is 2. The van der Waals surface area contributed by atoms with Crippen molar-refractivity contribution in [2.45, 2.75) is 13.3 Å². The maximum absolute atomic E-state index is 12.1. The second kappa shape index (κ2) is 9.30. The normalized spacial score (nSPS) is 11.1. The fourth-order valence-corrected chi connectivity index (χ4v) is 3.27. The average molecular weight is 412 g/mol. The first kappa shape index (κ1) is 19.8. The Morgan fingerprint density at radius 2 is 1.68 bits per heavy atom. The van der Waals surface area contributed by atoms with Crippen molar-refractivity contribution in [1.82, 2.24) is 5.43 Å². The van der Waals surface area contributed by atoms with Crippen molar-refractivity contribution in [2.75, 3.05) is 5.32 Å². The summed E-state index contributed by atoms with van der Waals surface area (Å²) in [6, 6.07) is 17.7. The number of nitrogens with zero attached hydrogens (tertiary/aromatic N) is 1. The Bertz CT molecular complexity index is 982. The molecule has 0 atom stereocenters. The number of hydrogen-bond acceptors (Lipinski definition) is 4. The van der Waals surface area contributed by atoms with E-state index in [-0.39, 0.29) is 11.8 Å². The molecule has 28 heavy (non-hydrogen) atoms. The van der Waals surface area contributed by atoms with E-state index in [1.165, 1.54) is 0 Å². The molecular formula is C21H18ClN3O2S. The number of benzene rings is 2. The lowest BCUT2D eigenvalue weighted by molar-refractivity contribution is -0.115. The van der Waals surface area contributed by atoms with Crippen LogP contribution in [0.5, 0.6) is 0 Å². The molecule has 0 aliphatic carbocycles. The SMILES string of the molecule is C/C(=N\NC(=O)c1ccc(Cl)cc1)c1ccc(NC(=O)Cc2cccs2)cc1. The quantitative estimate of drug-likeness (QED) is 0.454. The minimum Gasteiger partial charge on any atom is -0.326 e. The third kappa shape index (κ3) is 5.52. The third-order valence-corrected chi connectivity index (χ3v) is 5.06. The van der Waals surface area contributed by atoms with Crippen LogP contribution in [0.3, 0.4) is 0 Å². The highest BCUT2D eigenvalue weighted by Gasteiger charge is 2.07. The van der Waals surface area contributed by atoms with Gasteiger partial charge in [-0.3, -0.25) is 9.59 Å². The molecule has 2 aromatic carbocycles. The summed E-state index contributed by atoms with van der Waals surface area (Å²) >= 11 is 7.38. The molecule has 2 amide bonds. The summed E-state index contributed by atoms with van der Waals surface area (Å²) in [7, 11) is 0. The largest absolute Gasteiger partial charge is 0.326 e. The lowest BCUT2D eigenvalue weighted by Crippen LogP contribution is -2.19. The number of rotatable bonds is 6. The van der Waals surface area contributed by atoms with Gasteiger partial charge in [-0.15, -0.1) is 11.3 Å². The second-order valence-corrected chi connectivity index (χ2v) is 7.50. The molecule has 0 aliphatic heterocycles. The van der Waals surface area contributed by atoms with Crippen molar-refractivity contribution in [3.8, 4) is 0 Å². The van der Waals surface area contributed by atoms with Gasteiger partial charge in [-0.25, -0.2) is 5.43 Å². The maximum Gasteiger partial charge on any atom is 0.271 e. The van der Waals surface area contributed by atoms with Crippen LogP contribution in [0.25, 0.3) is 0 Å². The van der Waals surface area contributed by atoms with Crippen molar-refractivity contribution in [2.24, 2.45) is 5.10 Å². The van der Waals surface area contributed by atoms with Gasteiger partial charge in [-0.05, 0) is 60.3 Å². The van der Waals surface area contributed by atoms with E-state index in [4.69, 9.17) is 11.6 Å². The number of anilines is 1. The molecule has 0 aliphatic rings. The van der Waals surface area contributed by atoms with Gasteiger partial charge >= 0.3 is 0 Å². The molecule has 1 aromatic heterocycles. The summed E-state index contributed by atoms with van der Waals surface area (Å²) in [4.78, 5) is 25.2. The number of hydrazone groups is 1. The lowest BCUT2D eigenvalue weighted by atomic mass is 10.1. The molecule has 0 fully saturated rings. The number of thiophene rings is 1. The van der Waals surface area contributed by atoms with Crippen LogP contribution in [-0.4, -0.2) is 17.5 Å². The zero-order valence-electron chi connectivity index (χ0n) is 15.1. The minimum atomic E-state index is -0.312. The van der Waals surface area contributed by atoms with Gasteiger partial charge in [0.2, 0.25) is 5.91 Å². The van der Waals surface area contributed by atoms with Crippen molar-refractivity contribution in [3.05, 3.63) is 87.1 Å². The summed E-state index contributed by atoms with van der Waals surface area (Å²) in [6.07, 6.45) is 0.358. The van der Waals surface area contributed by atoms with Crippen molar-refractivity contribution in [3.63, 3.8) is 0 Å². The van der Waals surface area contributed by atoms with Crippen LogP contribution in [-0.2, 0) is 11.2 Å². The zero-order chi connectivity index (χ0) is 19.9. The van der Waals surface area contributed by atoms with E-state index in [0.29, 0.717) is 28.4 Å². The molecule has 0 saturated heterocycles. The molecule has 5 nitrogen and oxygen atoms in total. The Kier molecular flexibility index (Phi) is 6.57. The maximum atomic E-state index is 12.1. The Morgan fingerprint density at radius 3 is 2.32 bits per heavy atom. The van der Waals surface area contributed by atoms with Crippen LogP contribution < -0.4 is 10.7 Å². The Labute approximate surface area is 172 Å². The molecule has 0 radical (unpaired) electrons. The Hall–Kier alpha value is -2.96. The van der Waals surface area contributed by atoms with E-state index < -0.39 is 0 Å². The zero-order valence-corrected chi connectivity index (χ0v) is 16.7. The highest BCUT2D eigenvalue weighted by Crippen LogP contribution is 2.14. The predicted molar refractivity (Wildman–Crippen MR) is 114 cm³/mol. The van der Waals surface area contributed by atoms with Crippen molar-refractivity contribution in [1.29, 1.82) is 0 Å². The van der Waals surface area contributed by atoms with E-state index >= 15 is 0 Å². The summed E-state index contributed by atoms with van der Waals surface area (Å²) in [5.74, 6) is -0.371. The topological polar surface area (TPSA) is 70.6 Å². The first-order chi connectivity index (χ1) is 13.5. The van der Waals surface area contributed by atoms with E-state index in [1.807, 2.05) is 41.8 Å². The number of nitrogens with one attached hydrogen (secondary N) is 2. The first-order valence-corrected chi connectivity index (χ1v) is 9.80. The van der Waals surface area contributed by atoms with E-state index in [1.54, 1.807) is 42.5 Å². The molecule has 3 rings (SSSR count). The number of halogens is 1. The van der Waals surface area contributed by atoms with Gasteiger partial charge in [0.25, 0.3) is 5.91 Å². The number of carbonyl (C=O) groups excluding carboxylic acids is 2. The molecule has 2 N–H and O–H groups in total. The van der Waals surface area contributed by atoms with Crippen molar-refractivity contribution >= 4 is 46.2 Å². The number of amides is 2. The van der Waals surface area contributed by atoms with E-state index in [0.717, 1.165) is 10.4 Å². The number of hydrogen-bond donors (Lipinski definition) is 2. The lowest BCUT2D eigenvalue weighted by Gasteiger charge is -2.07. The van der Waals surface area contributed by atoms with Gasteiger partial charge in [-0.2, -0.15) is 5.10 Å². The summed E-state index contributed by atoms with van der Waals surface area (Å²) in [6.45, 7) is 1.80. The Morgan fingerprint density at radius 1 is 1.00 bits per heavy atom. The van der Waals surface area contributed by atoms with Gasteiger partial charge in [-0.1, -0.05) is 29.8 Å². The van der Waals surface area contributed by atoms with Crippen LogP contribution in [0.1, 0.15) is 27.7 Å². The van der Waals surface area contributed by atoms with Gasteiger partial charge in [0.05, 0.1) is 12.1 Å². The minimum absolute atomic E-state index is 0.0594. The molecule has 7 heteroatoms.